The number of nitrogens with zero attached hydrogens (tertiary/aromatic N) is 2. The van der Waals surface area contributed by atoms with Crippen molar-refractivity contribution in [2.24, 2.45) is 0 Å². The zero-order valence-corrected chi connectivity index (χ0v) is 49.3. The van der Waals surface area contributed by atoms with E-state index in [2.05, 4.69) is 238 Å². The Hall–Kier alpha value is -5.06. The number of fused-ring (bicyclic) bond motifs is 9. The highest BCUT2D eigenvalue weighted by Crippen LogP contribution is 2.56. The van der Waals surface area contributed by atoms with E-state index in [1.165, 1.54) is 154 Å². The van der Waals surface area contributed by atoms with Crippen LogP contribution in [0, 0.1) is 0 Å². The van der Waals surface area contributed by atoms with Crippen LogP contribution in [0.3, 0.4) is 0 Å². The van der Waals surface area contributed by atoms with Crippen molar-refractivity contribution in [3.8, 4) is 11.1 Å². The van der Waals surface area contributed by atoms with Gasteiger partial charge in [0.1, 0.15) is 0 Å². The van der Waals surface area contributed by atoms with E-state index < -0.39 is 0 Å². The Morgan fingerprint density at radius 1 is 0.432 bits per heavy atom. The van der Waals surface area contributed by atoms with Crippen LogP contribution in [0.2, 0.25) is 0 Å². The molecule has 0 unspecified atom stereocenters. The maximum absolute atomic E-state index is 2.76. The predicted molar refractivity (Wildman–Crippen MR) is 325 cm³/mol. The number of hydrogen-bond donors (Lipinski definition) is 0. The van der Waals surface area contributed by atoms with Gasteiger partial charge in [0.05, 0.1) is 5.00 Å². The minimum Gasteiger partial charge on any atom is -0.311 e. The Labute approximate surface area is 450 Å². The summed E-state index contributed by atoms with van der Waals surface area (Å²) < 4.78 is 1.41. The number of rotatable bonds is 3. The van der Waals surface area contributed by atoms with E-state index in [4.69, 9.17) is 0 Å². The molecule has 0 bridgehead atoms. The fourth-order valence-corrected chi connectivity index (χ4v) is 15.8. The molecule has 7 aromatic rings. The third kappa shape index (κ3) is 7.43. The van der Waals surface area contributed by atoms with Crippen LogP contribution in [0.15, 0.2) is 103 Å². The zero-order chi connectivity index (χ0) is 52.8. The lowest BCUT2D eigenvalue weighted by molar-refractivity contribution is 0.332. The van der Waals surface area contributed by atoms with Gasteiger partial charge in [0.2, 0.25) is 0 Å². The van der Waals surface area contributed by atoms with Gasteiger partial charge >= 0.3 is 0 Å². The van der Waals surface area contributed by atoms with Crippen LogP contribution in [-0.2, 0) is 43.3 Å². The van der Waals surface area contributed by atoms with Gasteiger partial charge < -0.3 is 9.80 Å². The Kier molecular flexibility index (Phi) is 10.6. The van der Waals surface area contributed by atoms with Gasteiger partial charge in [0.15, 0.2) is 0 Å². The summed E-state index contributed by atoms with van der Waals surface area (Å²) in [6.45, 7) is 44.1. The maximum Gasteiger partial charge on any atom is 0.254 e. The molecule has 0 N–H and O–H groups in total. The molecule has 5 aliphatic rings. The van der Waals surface area contributed by atoms with Crippen molar-refractivity contribution >= 4 is 78.0 Å². The Morgan fingerprint density at radius 2 is 0.905 bits per heavy atom. The van der Waals surface area contributed by atoms with Crippen molar-refractivity contribution in [1.29, 1.82) is 0 Å². The summed E-state index contributed by atoms with van der Waals surface area (Å²) in [5.41, 5.74) is 25.5. The quantitative estimate of drug-likeness (QED) is 0.163. The van der Waals surface area contributed by atoms with E-state index in [9.17, 15) is 0 Å². The fraction of sp³-hybridized carbons (Fsp3) is 0.457. The Morgan fingerprint density at radius 3 is 1.43 bits per heavy atom. The monoisotopic (exact) mass is 995 g/mol. The summed E-state index contributed by atoms with van der Waals surface area (Å²) in [7, 11) is 0. The van der Waals surface area contributed by atoms with E-state index in [1.807, 2.05) is 11.3 Å². The van der Waals surface area contributed by atoms with E-state index in [0.717, 1.165) is 0 Å². The molecule has 0 atom stereocenters. The first-order valence-electron chi connectivity index (χ1n) is 28.3. The van der Waals surface area contributed by atoms with Crippen LogP contribution in [0.25, 0.3) is 21.2 Å². The van der Waals surface area contributed by atoms with Crippen LogP contribution in [0.1, 0.15) is 208 Å². The fourth-order valence-electron chi connectivity index (χ4n) is 14.5. The molecule has 0 saturated heterocycles. The van der Waals surface area contributed by atoms with Crippen molar-refractivity contribution in [1.82, 2.24) is 0 Å². The van der Waals surface area contributed by atoms with Crippen molar-refractivity contribution in [3.63, 3.8) is 0 Å². The molecule has 1 aromatic heterocycles. The highest BCUT2D eigenvalue weighted by Gasteiger charge is 2.49. The summed E-state index contributed by atoms with van der Waals surface area (Å²) in [4.78, 5) is 5.49. The molecule has 2 aliphatic heterocycles. The minimum atomic E-state index is -0.0626. The first-order valence-corrected chi connectivity index (χ1v) is 29.2. The van der Waals surface area contributed by atoms with Gasteiger partial charge in [-0.3, -0.25) is 0 Å². The molecule has 0 amide bonds. The molecule has 0 spiro atoms. The average molecular weight is 995 g/mol. The van der Waals surface area contributed by atoms with Crippen LogP contribution < -0.4 is 26.2 Å². The summed E-state index contributed by atoms with van der Waals surface area (Å²) in [6.07, 6.45) is 7.13. The van der Waals surface area contributed by atoms with Gasteiger partial charge in [0, 0.05) is 33.1 Å². The van der Waals surface area contributed by atoms with Crippen molar-refractivity contribution < 1.29 is 0 Å². The van der Waals surface area contributed by atoms with Gasteiger partial charge in [0.25, 0.3) is 6.71 Å². The lowest BCUT2D eigenvalue weighted by Crippen LogP contribution is -2.61. The molecule has 0 fully saturated rings. The number of benzene rings is 6. The van der Waals surface area contributed by atoms with Crippen LogP contribution in [0.4, 0.5) is 33.4 Å². The summed E-state index contributed by atoms with van der Waals surface area (Å²) in [5.74, 6) is 0. The van der Waals surface area contributed by atoms with Crippen LogP contribution >= 0.6 is 11.3 Å². The van der Waals surface area contributed by atoms with Crippen LogP contribution in [0.5, 0.6) is 0 Å². The average Bonchev–Trinajstić information content (AvgIpc) is 3.70. The lowest BCUT2D eigenvalue weighted by atomic mass is 9.33. The molecular weight excluding hydrogens is 912 g/mol. The highest BCUT2D eigenvalue weighted by molar-refractivity contribution is 7.26. The topological polar surface area (TPSA) is 6.48 Å². The molecule has 4 heteroatoms. The third-order valence-electron chi connectivity index (χ3n) is 19.8. The normalized spacial score (nSPS) is 20.3. The van der Waals surface area contributed by atoms with E-state index >= 15 is 0 Å². The third-order valence-corrected chi connectivity index (χ3v) is 20.9. The van der Waals surface area contributed by atoms with Gasteiger partial charge in [-0.1, -0.05) is 173 Å². The Bertz CT molecular complexity index is 3500. The lowest BCUT2D eigenvalue weighted by Gasteiger charge is -2.46. The summed E-state index contributed by atoms with van der Waals surface area (Å²) in [6, 6.07) is 42.7. The molecule has 6 aromatic carbocycles. The molecule has 3 heterocycles. The summed E-state index contributed by atoms with van der Waals surface area (Å²) >= 11 is 2.04. The van der Waals surface area contributed by atoms with Gasteiger partial charge in [-0.15, -0.1) is 11.3 Å². The second-order valence-electron chi connectivity index (χ2n) is 29.8. The van der Waals surface area contributed by atoms with Crippen LogP contribution in [-0.4, -0.2) is 6.71 Å². The van der Waals surface area contributed by atoms with Gasteiger partial charge in [-0.05, 0) is 214 Å². The SMILES string of the molecule is CC(C)(C)c1ccc2c(c1)N(c1ccc3c(c1)C(C)(C)CCC3(C)C)c1cc(-c3ccccc3C(C)(C)C)cc3c1B2c1c(sc2cc4c(cc12)C(C)(C)CCC4(C)C)N3c1ccc2c(c1)C(C)(C)CCC2(C)C. The zero-order valence-electron chi connectivity index (χ0n) is 48.4. The molecular formula is C70H83BN2S. The number of thiophene rings is 1. The van der Waals surface area contributed by atoms with E-state index in [0.29, 0.717) is 0 Å². The first-order chi connectivity index (χ1) is 34.4. The molecule has 74 heavy (non-hydrogen) atoms. The molecule has 12 rings (SSSR count). The standard InChI is InChI=1S/C70H83BN2S/c1-63(2,3)43-23-28-55-56(37-43)72(44-24-26-49-51(38-44)67(11,12)31-29-65(49,7)8)57-35-42(46-21-19-20-22-48(46)64(4,5)6)36-58-61(57)71(55)60-47-40-53-54(70(17,18)34-33-69(53,15)16)41-59(47)74-62(60)73(58)45-25-27-50-52(39-45)68(13,14)32-30-66(50,9)10/h19-28,35-41H,29-34H2,1-18H3. The van der Waals surface area contributed by atoms with Crippen molar-refractivity contribution in [2.75, 3.05) is 9.80 Å². The number of hydrogen-bond acceptors (Lipinski definition) is 3. The smallest absolute Gasteiger partial charge is 0.254 e. The largest absolute Gasteiger partial charge is 0.311 e. The van der Waals surface area contributed by atoms with Gasteiger partial charge in [-0.2, -0.15) is 0 Å². The van der Waals surface area contributed by atoms with E-state index in [1.54, 1.807) is 0 Å². The molecule has 3 aliphatic carbocycles. The second-order valence-corrected chi connectivity index (χ2v) is 30.9. The summed E-state index contributed by atoms with van der Waals surface area (Å²) in [5, 5.41) is 2.80. The maximum atomic E-state index is 2.76. The molecule has 382 valence electrons. The van der Waals surface area contributed by atoms with Crippen molar-refractivity contribution in [3.05, 3.63) is 148 Å². The molecule has 0 radical (unpaired) electrons. The highest BCUT2D eigenvalue weighted by atomic mass is 32.1. The molecule has 2 nitrogen and oxygen atoms in total. The van der Waals surface area contributed by atoms with E-state index in [-0.39, 0.29) is 50.0 Å². The second kappa shape index (κ2) is 15.8. The van der Waals surface area contributed by atoms with Crippen molar-refractivity contribution in [2.45, 2.75) is 206 Å². The van der Waals surface area contributed by atoms with Gasteiger partial charge in [-0.25, -0.2) is 0 Å². The Balaban J connectivity index is 1.25. The minimum absolute atomic E-state index is 0.0194. The first kappa shape index (κ1) is 49.8. The number of anilines is 6. The molecule has 0 saturated carbocycles. The predicted octanol–water partition coefficient (Wildman–Crippen LogP) is 18.3.